The van der Waals surface area contributed by atoms with E-state index in [1.165, 1.54) is 27.5 Å². The molecule has 5 aromatic rings. The van der Waals surface area contributed by atoms with Gasteiger partial charge in [-0.05, 0) is 44.0 Å². The lowest BCUT2D eigenvalue weighted by Crippen LogP contribution is -2.45. The Balaban J connectivity index is 1.73. The molecule has 0 amide bonds. The lowest BCUT2D eigenvalue weighted by Gasteiger charge is -2.35. The van der Waals surface area contributed by atoms with Crippen molar-refractivity contribution >= 4 is 38.1 Å². The first-order valence-corrected chi connectivity index (χ1v) is 12.0. The molecular weight excluding hydrogens is 422 g/mol. The average molecular weight is 452 g/mol. The van der Waals surface area contributed by atoms with Gasteiger partial charge in [0.1, 0.15) is 16.8 Å². The van der Waals surface area contributed by atoms with E-state index in [1.807, 2.05) is 20.0 Å². The minimum absolute atomic E-state index is 0.431. The van der Waals surface area contributed by atoms with Gasteiger partial charge in [0.15, 0.2) is 0 Å². The van der Waals surface area contributed by atoms with E-state index in [9.17, 15) is 5.26 Å². The number of fused-ring (bicyclic) bond motifs is 10. The summed E-state index contributed by atoms with van der Waals surface area (Å²) in [7, 11) is 0. The van der Waals surface area contributed by atoms with E-state index in [0.717, 1.165) is 47.1 Å². The SMILES string of the molecule is CC(C)COc1cccc2c3c4ccnc4ccc3c3c4c([nH]n3c12)CCN(C(C)(C)C#N)C4. The maximum atomic E-state index is 9.78. The minimum Gasteiger partial charge on any atom is -0.491 e. The Labute approximate surface area is 198 Å². The van der Waals surface area contributed by atoms with E-state index < -0.39 is 5.54 Å². The van der Waals surface area contributed by atoms with E-state index in [1.54, 1.807) is 0 Å². The van der Waals surface area contributed by atoms with Crippen molar-refractivity contribution in [3.63, 3.8) is 0 Å². The molecule has 2 aromatic carbocycles. The summed E-state index contributed by atoms with van der Waals surface area (Å²) >= 11 is 0. The topological polar surface area (TPSA) is 69.3 Å². The van der Waals surface area contributed by atoms with Crippen LogP contribution in [0, 0.1) is 17.2 Å². The maximum absolute atomic E-state index is 9.78. The smallest absolute Gasteiger partial charge is 0.145 e. The summed E-state index contributed by atoms with van der Waals surface area (Å²) in [5, 5.41) is 18.2. The number of para-hydroxylation sites is 1. The van der Waals surface area contributed by atoms with Gasteiger partial charge in [0.25, 0.3) is 0 Å². The van der Waals surface area contributed by atoms with Crippen molar-refractivity contribution in [2.45, 2.75) is 46.2 Å². The van der Waals surface area contributed by atoms with Gasteiger partial charge in [0, 0.05) is 58.5 Å². The number of hydrogen-bond donors (Lipinski definition) is 1. The summed E-state index contributed by atoms with van der Waals surface area (Å²) in [6, 6.07) is 15.2. The van der Waals surface area contributed by atoms with Crippen LogP contribution >= 0.6 is 0 Å². The third-order valence-electron chi connectivity index (χ3n) is 7.16. The van der Waals surface area contributed by atoms with Gasteiger partial charge < -0.3 is 4.74 Å². The number of nitriles is 1. The summed E-state index contributed by atoms with van der Waals surface area (Å²) in [4.78, 5) is 6.86. The monoisotopic (exact) mass is 451 g/mol. The van der Waals surface area contributed by atoms with Gasteiger partial charge in [0.05, 0.1) is 23.7 Å². The van der Waals surface area contributed by atoms with Gasteiger partial charge in [-0.3, -0.25) is 19.5 Å². The zero-order valence-corrected chi connectivity index (χ0v) is 20.1. The number of nitrogens with zero attached hydrogens (tertiary/aromatic N) is 4. The van der Waals surface area contributed by atoms with Crippen LogP contribution in [0.15, 0.2) is 42.6 Å². The molecule has 6 rings (SSSR count). The van der Waals surface area contributed by atoms with Gasteiger partial charge in [-0.25, -0.2) is 0 Å². The first-order chi connectivity index (χ1) is 16.4. The standard InChI is InChI=1S/C28H29N5O/c1-17(2)15-34-24-7-5-6-19-25-18-10-12-30-22(18)9-8-20(25)26-21-14-32(28(3,4)16-29)13-11-23(21)31-33(26)27(19)24/h5-10,12,17,31H,11,13-15H2,1-4H3. The Morgan fingerprint density at radius 1 is 1.12 bits per heavy atom. The zero-order chi connectivity index (χ0) is 23.6. The molecule has 0 bridgehead atoms. The van der Waals surface area contributed by atoms with Crippen molar-refractivity contribution in [2.24, 2.45) is 5.92 Å². The number of pyridine rings is 1. The van der Waals surface area contributed by atoms with Gasteiger partial charge >= 0.3 is 0 Å². The molecule has 172 valence electrons. The van der Waals surface area contributed by atoms with E-state index >= 15 is 0 Å². The minimum atomic E-state index is -0.521. The second-order valence-electron chi connectivity index (χ2n) is 10.3. The van der Waals surface area contributed by atoms with Crippen LogP contribution in [0.3, 0.4) is 0 Å². The molecule has 0 spiro atoms. The van der Waals surface area contributed by atoms with Gasteiger partial charge in [0.2, 0.25) is 0 Å². The van der Waals surface area contributed by atoms with Gasteiger partial charge in [-0.2, -0.15) is 5.26 Å². The Bertz CT molecular complexity index is 1620. The normalized spacial score (nSPS) is 14.9. The van der Waals surface area contributed by atoms with Crippen LogP contribution in [0.1, 0.15) is 39.0 Å². The van der Waals surface area contributed by atoms with Crippen molar-refractivity contribution < 1.29 is 4.74 Å². The fourth-order valence-electron chi connectivity index (χ4n) is 5.33. The highest BCUT2D eigenvalue weighted by Crippen LogP contribution is 2.41. The predicted octanol–water partition coefficient (Wildman–Crippen LogP) is 5.82. The number of hydrogen-bond acceptors (Lipinski definition) is 4. The fourth-order valence-corrected chi connectivity index (χ4v) is 5.33. The second-order valence-corrected chi connectivity index (χ2v) is 10.3. The van der Waals surface area contributed by atoms with Crippen LogP contribution in [0.5, 0.6) is 5.75 Å². The lowest BCUT2D eigenvalue weighted by atomic mass is 9.95. The van der Waals surface area contributed by atoms with Crippen molar-refractivity contribution in [2.75, 3.05) is 13.2 Å². The number of H-pyrrole nitrogens is 1. The molecule has 0 unspecified atom stereocenters. The summed E-state index contributed by atoms with van der Waals surface area (Å²) in [6.07, 6.45) is 2.76. The summed E-state index contributed by atoms with van der Waals surface area (Å²) in [6.45, 7) is 10.6. The molecule has 0 fully saturated rings. The lowest BCUT2D eigenvalue weighted by molar-refractivity contribution is 0.151. The Morgan fingerprint density at radius 2 is 1.94 bits per heavy atom. The van der Waals surface area contributed by atoms with Gasteiger partial charge in [-0.15, -0.1) is 0 Å². The number of aromatic amines is 1. The number of nitrogens with one attached hydrogen (secondary N) is 1. The maximum Gasteiger partial charge on any atom is 0.145 e. The molecule has 3 aromatic heterocycles. The molecule has 0 saturated carbocycles. The molecule has 1 aliphatic heterocycles. The molecule has 0 atom stereocenters. The zero-order valence-electron chi connectivity index (χ0n) is 20.1. The first kappa shape index (κ1) is 21.0. The highest BCUT2D eigenvalue weighted by atomic mass is 16.5. The highest BCUT2D eigenvalue weighted by Gasteiger charge is 2.32. The molecule has 0 radical (unpaired) electrons. The van der Waals surface area contributed by atoms with Crippen molar-refractivity contribution in [3.05, 3.63) is 53.9 Å². The Hall–Kier alpha value is -3.56. The third-order valence-corrected chi connectivity index (χ3v) is 7.16. The molecule has 0 saturated heterocycles. The number of rotatable bonds is 4. The summed E-state index contributed by atoms with van der Waals surface area (Å²) in [5.41, 5.74) is 5.20. The van der Waals surface area contributed by atoms with E-state index in [4.69, 9.17) is 4.74 Å². The highest BCUT2D eigenvalue weighted by molar-refractivity contribution is 6.24. The molecular formula is C28H29N5O. The molecule has 0 aliphatic carbocycles. The van der Waals surface area contributed by atoms with Crippen LogP contribution in [-0.2, 0) is 13.0 Å². The quantitative estimate of drug-likeness (QED) is 0.350. The van der Waals surface area contributed by atoms with Crippen molar-refractivity contribution in [3.8, 4) is 11.8 Å². The average Bonchev–Trinajstić information content (AvgIpc) is 3.46. The molecule has 34 heavy (non-hydrogen) atoms. The van der Waals surface area contributed by atoms with Crippen molar-refractivity contribution in [1.29, 1.82) is 5.26 Å². The van der Waals surface area contributed by atoms with Crippen LogP contribution in [0.4, 0.5) is 0 Å². The molecule has 6 nitrogen and oxygen atoms in total. The summed E-state index contributed by atoms with van der Waals surface area (Å²) < 4.78 is 8.57. The number of ether oxygens (including phenoxy) is 1. The molecule has 4 heterocycles. The van der Waals surface area contributed by atoms with Crippen LogP contribution in [0.25, 0.3) is 38.1 Å². The summed E-state index contributed by atoms with van der Waals surface area (Å²) in [5.74, 6) is 1.31. The second kappa shape index (κ2) is 7.48. The Kier molecular flexibility index (Phi) is 4.62. The third kappa shape index (κ3) is 3.00. The van der Waals surface area contributed by atoms with E-state index in [-0.39, 0.29) is 0 Å². The van der Waals surface area contributed by atoms with Crippen molar-refractivity contribution in [1.82, 2.24) is 19.5 Å². The number of benzene rings is 2. The first-order valence-electron chi connectivity index (χ1n) is 12.0. The van der Waals surface area contributed by atoms with E-state index in [0.29, 0.717) is 12.5 Å². The fraction of sp³-hybridized carbons (Fsp3) is 0.357. The number of aromatic nitrogens is 3. The van der Waals surface area contributed by atoms with Crippen LogP contribution in [-0.4, -0.2) is 38.2 Å². The van der Waals surface area contributed by atoms with Gasteiger partial charge in [-0.1, -0.05) is 26.0 Å². The molecule has 1 aliphatic rings. The molecule has 6 heteroatoms. The van der Waals surface area contributed by atoms with Crippen LogP contribution < -0.4 is 4.74 Å². The molecule has 1 N–H and O–H groups in total. The largest absolute Gasteiger partial charge is 0.491 e. The predicted molar refractivity (Wildman–Crippen MR) is 136 cm³/mol. The van der Waals surface area contributed by atoms with Crippen LogP contribution in [0.2, 0.25) is 0 Å². The Morgan fingerprint density at radius 3 is 2.74 bits per heavy atom. The van der Waals surface area contributed by atoms with E-state index in [2.05, 4.69) is 75.8 Å².